The van der Waals surface area contributed by atoms with Crippen LogP contribution in [0.2, 0.25) is 0 Å². The lowest BCUT2D eigenvalue weighted by atomic mass is 9.89. The number of carbonyl (C=O) groups excluding carboxylic acids is 1. The van der Waals surface area contributed by atoms with Crippen molar-refractivity contribution in [3.8, 4) is 0 Å². The normalized spacial score (nSPS) is 19.1. The van der Waals surface area contributed by atoms with Crippen LogP contribution >= 0.6 is 0 Å². The molecule has 0 spiro atoms. The molecule has 0 radical (unpaired) electrons. The molecule has 1 aliphatic rings. The van der Waals surface area contributed by atoms with Crippen molar-refractivity contribution in [1.29, 1.82) is 0 Å². The molecule has 0 aromatic carbocycles. The molecule has 1 atom stereocenters. The molecule has 1 unspecified atom stereocenters. The van der Waals surface area contributed by atoms with Gasteiger partial charge in [0.25, 0.3) is 0 Å². The first-order valence-electron chi connectivity index (χ1n) is 8.36. The third-order valence-electron chi connectivity index (χ3n) is 4.04. The number of amides is 1. The van der Waals surface area contributed by atoms with Gasteiger partial charge in [0, 0.05) is 19.6 Å². The van der Waals surface area contributed by atoms with Crippen LogP contribution in [0.25, 0.3) is 0 Å². The molecule has 0 aliphatic carbocycles. The number of nitrogens with zero attached hydrogens (tertiary/aromatic N) is 1. The van der Waals surface area contributed by atoms with Gasteiger partial charge in [-0.2, -0.15) is 0 Å². The van der Waals surface area contributed by atoms with E-state index in [2.05, 4.69) is 5.32 Å². The highest BCUT2D eigenvalue weighted by Crippen LogP contribution is 2.20. The van der Waals surface area contributed by atoms with Crippen molar-refractivity contribution in [3.63, 3.8) is 0 Å². The molecule has 0 aromatic heterocycles. The van der Waals surface area contributed by atoms with E-state index in [0.717, 1.165) is 32.5 Å². The van der Waals surface area contributed by atoms with Crippen molar-refractivity contribution in [3.05, 3.63) is 0 Å². The minimum absolute atomic E-state index is 0.0902. The number of aliphatic hydroxyl groups is 1. The summed E-state index contributed by atoms with van der Waals surface area (Å²) in [4.78, 5) is 13.8. The third kappa shape index (κ3) is 6.97. The summed E-state index contributed by atoms with van der Waals surface area (Å²) in [5.74, 6) is 0.561. The zero-order valence-corrected chi connectivity index (χ0v) is 15.1. The number of nitrogens with one attached hydrogen (secondary N) is 1. The number of hydrogen-bond acceptors (Lipinski definition) is 4. The van der Waals surface area contributed by atoms with Gasteiger partial charge in [-0.05, 0) is 51.5 Å². The highest BCUT2D eigenvalue weighted by molar-refractivity contribution is 5.68. The van der Waals surface area contributed by atoms with Gasteiger partial charge in [-0.15, -0.1) is 0 Å². The lowest BCUT2D eigenvalue weighted by molar-refractivity contribution is 0.0180. The first kappa shape index (κ1) is 19.2. The average molecular weight is 314 g/mol. The lowest BCUT2D eigenvalue weighted by Gasteiger charge is -2.34. The van der Waals surface area contributed by atoms with Crippen LogP contribution in [-0.4, -0.2) is 54.0 Å². The van der Waals surface area contributed by atoms with Gasteiger partial charge in [0.15, 0.2) is 0 Å². The maximum atomic E-state index is 12.0. The summed E-state index contributed by atoms with van der Waals surface area (Å²) in [6.07, 6.45) is 1.42. The number of rotatable bonds is 4. The predicted octanol–water partition coefficient (Wildman–Crippen LogP) is 2.63. The fraction of sp³-hybridized carbons (Fsp3) is 0.941. The Morgan fingerprint density at radius 1 is 1.23 bits per heavy atom. The van der Waals surface area contributed by atoms with E-state index in [-0.39, 0.29) is 17.6 Å². The van der Waals surface area contributed by atoms with E-state index < -0.39 is 5.60 Å². The van der Waals surface area contributed by atoms with E-state index in [4.69, 9.17) is 4.74 Å². The summed E-state index contributed by atoms with van der Waals surface area (Å²) >= 11 is 0. The predicted molar refractivity (Wildman–Crippen MR) is 88.9 cm³/mol. The van der Waals surface area contributed by atoms with E-state index in [0.29, 0.717) is 12.5 Å². The van der Waals surface area contributed by atoms with E-state index in [1.54, 1.807) is 4.90 Å². The Labute approximate surface area is 135 Å². The summed E-state index contributed by atoms with van der Waals surface area (Å²) in [6, 6.07) is 0. The molecule has 1 rings (SSSR count). The summed E-state index contributed by atoms with van der Waals surface area (Å²) in [5, 5.41) is 13.4. The molecular weight excluding hydrogens is 280 g/mol. The van der Waals surface area contributed by atoms with Crippen LogP contribution in [0.4, 0.5) is 4.79 Å². The highest BCUT2D eigenvalue weighted by Gasteiger charge is 2.27. The first-order valence-corrected chi connectivity index (χ1v) is 8.36. The van der Waals surface area contributed by atoms with Crippen LogP contribution in [-0.2, 0) is 4.74 Å². The van der Waals surface area contributed by atoms with Crippen LogP contribution < -0.4 is 5.32 Å². The van der Waals surface area contributed by atoms with Crippen LogP contribution in [0.15, 0.2) is 0 Å². The second kappa shape index (κ2) is 7.64. The minimum atomic E-state index is -0.432. The molecule has 1 fully saturated rings. The molecule has 1 heterocycles. The average Bonchev–Trinajstić information content (AvgIpc) is 2.36. The summed E-state index contributed by atoms with van der Waals surface area (Å²) in [6.45, 7) is 14.8. The Hall–Kier alpha value is -0.810. The molecule has 130 valence electrons. The molecule has 22 heavy (non-hydrogen) atoms. The molecule has 1 aliphatic heterocycles. The Kier molecular flexibility index (Phi) is 6.68. The van der Waals surface area contributed by atoms with E-state index >= 15 is 0 Å². The van der Waals surface area contributed by atoms with Crippen molar-refractivity contribution in [2.75, 3.05) is 26.2 Å². The third-order valence-corrected chi connectivity index (χ3v) is 4.04. The van der Waals surface area contributed by atoms with Gasteiger partial charge in [-0.1, -0.05) is 20.8 Å². The van der Waals surface area contributed by atoms with E-state index in [9.17, 15) is 9.90 Å². The molecule has 5 nitrogen and oxygen atoms in total. The molecule has 0 saturated carbocycles. The molecule has 5 heteroatoms. The monoisotopic (exact) mass is 314 g/mol. The number of ether oxygens (including phenoxy) is 1. The van der Waals surface area contributed by atoms with Gasteiger partial charge >= 0.3 is 6.09 Å². The van der Waals surface area contributed by atoms with Crippen molar-refractivity contribution < 1.29 is 14.6 Å². The minimum Gasteiger partial charge on any atom is -0.444 e. The highest BCUT2D eigenvalue weighted by atomic mass is 16.6. The topological polar surface area (TPSA) is 61.8 Å². The van der Waals surface area contributed by atoms with E-state index in [1.165, 1.54) is 0 Å². The molecule has 0 bridgehead atoms. The number of piperidine rings is 1. The summed E-state index contributed by atoms with van der Waals surface area (Å²) in [7, 11) is 0. The number of hydrogen-bond donors (Lipinski definition) is 2. The smallest absolute Gasteiger partial charge is 0.410 e. The number of carbonyl (C=O) groups is 1. The molecule has 2 N–H and O–H groups in total. The van der Waals surface area contributed by atoms with Crippen molar-refractivity contribution in [2.45, 2.75) is 66.1 Å². The fourth-order valence-corrected chi connectivity index (χ4v) is 2.38. The summed E-state index contributed by atoms with van der Waals surface area (Å²) in [5.41, 5.74) is -0.522. The maximum Gasteiger partial charge on any atom is 0.410 e. The van der Waals surface area contributed by atoms with Gasteiger partial charge < -0.3 is 20.1 Å². The molecule has 0 aromatic rings. The Morgan fingerprint density at radius 3 is 2.23 bits per heavy atom. The Bertz CT molecular complexity index is 350. The Balaban J connectivity index is 2.24. The zero-order chi connectivity index (χ0) is 17.0. The first-order chi connectivity index (χ1) is 9.99. The van der Waals surface area contributed by atoms with Crippen LogP contribution in [0.1, 0.15) is 54.4 Å². The van der Waals surface area contributed by atoms with Gasteiger partial charge in [0.2, 0.25) is 0 Å². The van der Waals surface area contributed by atoms with Gasteiger partial charge in [-0.25, -0.2) is 4.79 Å². The van der Waals surface area contributed by atoms with Crippen molar-refractivity contribution in [1.82, 2.24) is 10.2 Å². The molecular formula is C17H34N2O3. The van der Waals surface area contributed by atoms with Crippen molar-refractivity contribution >= 4 is 6.09 Å². The maximum absolute atomic E-state index is 12.0. The zero-order valence-electron chi connectivity index (χ0n) is 15.1. The Morgan fingerprint density at radius 2 is 1.77 bits per heavy atom. The second-order valence-electron chi connectivity index (χ2n) is 8.45. The van der Waals surface area contributed by atoms with Crippen LogP contribution in [0.5, 0.6) is 0 Å². The quantitative estimate of drug-likeness (QED) is 0.837. The largest absolute Gasteiger partial charge is 0.444 e. The van der Waals surface area contributed by atoms with Crippen molar-refractivity contribution in [2.24, 2.45) is 11.3 Å². The van der Waals surface area contributed by atoms with Crippen LogP contribution in [0.3, 0.4) is 0 Å². The van der Waals surface area contributed by atoms with Gasteiger partial charge in [0.05, 0.1) is 6.10 Å². The molecule has 1 amide bonds. The standard InChI is InChI=1S/C17H34N2O3/c1-16(2,3)14(20)12-18-11-13-7-9-19(10-8-13)15(21)22-17(4,5)6/h13-14,18,20H,7-12H2,1-6H3. The SMILES string of the molecule is CC(C)(C)OC(=O)N1CCC(CNCC(O)C(C)(C)C)CC1. The second-order valence-corrected chi connectivity index (χ2v) is 8.45. The summed E-state index contributed by atoms with van der Waals surface area (Å²) < 4.78 is 5.40. The lowest BCUT2D eigenvalue weighted by Crippen LogP contribution is -2.44. The number of aliphatic hydroxyl groups excluding tert-OH is 1. The van der Waals surface area contributed by atoms with Gasteiger partial charge in [0.1, 0.15) is 5.60 Å². The molecule has 1 saturated heterocycles. The van der Waals surface area contributed by atoms with E-state index in [1.807, 2.05) is 41.5 Å². The number of likely N-dealkylation sites (tertiary alicyclic amines) is 1. The fourth-order valence-electron chi connectivity index (χ4n) is 2.38. The van der Waals surface area contributed by atoms with Gasteiger partial charge in [-0.3, -0.25) is 0 Å². The van der Waals surface area contributed by atoms with Crippen LogP contribution in [0, 0.1) is 11.3 Å².